The van der Waals surface area contributed by atoms with Crippen molar-refractivity contribution in [1.29, 1.82) is 5.26 Å². The molecule has 1 aromatic carbocycles. The predicted molar refractivity (Wildman–Crippen MR) is 89.4 cm³/mol. The van der Waals surface area contributed by atoms with Crippen LogP contribution < -0.4 is 21.3 Å². The summed E-state index contributed by atoms with van der Waals surface area (Å²) in [6, 6.07) is 7.92. The van der Waals surface area contributed by atoms with Gasteiger partial charge >= 0.3 is 0 Å². The van der Waals surface area contributed by atoms with Gasteiger partial charge in [0.25, 0.3) is 5.91 Å². The summed E-state index contributed by atoms with van der Waals surface area (Å²) in [5, 5.41) is 14.5. The van der Waals surface area contributed by atoms with Gasteiger partial charge in [0.15, 0.2) is 0 Å². The first-order valence-corrected chi connectivity index (χ1v) is 7.15. The van der Waals surface area contributed by atoms with E-state index in [0.29, 0.717) is 24.5 Å². The monoisotopic (exact) mass is 329 g/mol. The van der Waals surface area contributed by atoms with E-state index in [1.807, 2.05) is 0 Å². The van der Waals surface area contributed by atoms with Gasteiger partial charge in [0.2, 0.25) is 11.8 Å². The number of nitrogen functional groups attached to an aromatic ring is 1. The first-order chi connectivity index (χ1) is 11.4. The molecule has 24 heavy (non-hydrogen) atoms. The van der Waals surface area contributed by atoms with Gasteiger partial charge in [0.05, 0.1) is 5.69 Å². The second kappa shape index (κ2) is 8.95. The zero-order valence-corrected chi connectivity index (χ0v) is 13.5. The fraction of sp³-hybridized carbons (Fsp3) is 0.250. The Morgan fingerprint density at radius 3 is 2.33 bits per heavy atom. The highest BCUT2D eigenvalue weighted by atomic mass is 16.2. The lowest BCUT2D eigenvalue weighted by Gasteiger charge is -2.19. The molecule has 0 saturated carbocycles. The van der Waals surface area contributed by atoms with Crippen molar-refractivity contribution >= 4 is 29.1 Å². The van der Waals surface area contributed by atoms with Crippen LogP contribution in [-0.2, 0) is 14.4 Å². The van der Waals surface area contributed by atoms with E-state index < -0.39 is 11.8 Å². The Bertz CT molecular complexity index is 689. The first-order valence-electron chi connectivity index (χ1n) is 7.15. The average Bonchev–Trinajstić information content (AvgIpc) is 2.52. The number of benzene rings is 1. The molecule has 0 aliphatic rings. The number of nitrogens with one attached hydrogen (secondary N) is 2. The summed E-state index contributed by atoms with van der Waals surface area (Å²) in [6.45, 7) is 3.29. The van der Waals surface area contributed by atoms with Gasteiger partial charge in [0.1, 0.15) is 11.6 Å². The van der Waals surface area contributed by atoms with E-state index in [0.717, 1.165) is 4.90 Å². The maximum absolute atomic E-state index is 12.4. The molecule has 0 spiro atoms. The van der Waals surface area contributed by atoms with E-state index in [2.05, 4.69) is 10.6 Å². The summed E-state index contributed by atoms with van der Waals surface area (Å²) < 4.78 is 0. The minimum atomic E-state index is -0.748. The highest BCUT2D eigenvalue weighted by Gasteiger charge is 2.23. The molecule has 0 unspecified atom stereocenters. The molecular weight excluding hydrogens is 310 g/mol. The van der Waals surface area contributed by atoms with Crippen LogP contribution in [0.25, 0.3) is 0 Å². The molecule has 4 N–H and O–H groups in total. The van der Waals surface area contributed by atoms with Crippen LogP contribution in [0.4, 0.5) is 11.4 Å². The quantitative estimate of drug-likeness (QED) is 0.298. The van der Waals surface area contributed by atoms with E-state index in [9.17, 15) is 14.4 Å². The summed E-state index contributed by atoms with van der Waals surface area (Å²) in [6.07, 6.45) is 1.22. The number of rotatable bonds is 6. The van der Waals surface area contributed by atoms with Crippen LogP contribution in [0.2, 0.25) is 0 Å². The number of nitriles is 1. The second-order valence-electron chi connectivity index (χ2n) is 4.86. The third-order valence-electron chi connectivity index (χ3n) is 2.91. The standard InChI is InChI=1S/C16H19N5O3/c1-11(22)20-8-7-19-10-13(9-17)16(24)21(12(2)23)15-5-3-14(18)4-6-15/h3-6,10,19H,7-8,18H2,1-2H3,(H,20,22)/b13-10-. The maximum Gasteiger partial charge on any atom is 0.277 e. The molecule has 3 amide bonds. The minimum Gasteiger partial charge on any atom is -0.399 e. The van der Waals surface area contributed by atoms with Gasteiger partial charge in [0, 0.05) is 38.8 Å². The molecule has 1 rings (SSSR count). The summed E-state index contributed by atoms with van der Waals surface area (Å²) in [7, 11) is 0. The summed E-state index contributed by atoms with van der Waals surface area (Å²) in [4.78, 5) is 35.9. The molecule has 0 saturated heterocycles. The van der Waals surface area contributed by atoms with Crippen molar-refractivity contribution in [2.45, 2.75) is 13.8 Å². The van der Waals surface area contributed by atoms with Crippen LogP contribution in [-0.4, -0.2) is 30.8 Å². The number of hydrogen-bond acceptors (Lipinski definition) is 6. The molecule has 0 heterocycles. The summed E-state index contributed by atoms with van der Waals surface area (Å²) >= 11 is 0. The van der Waals surface area contributed by atoms with E-state index in [1.165, 1.54) is 32.2 Å². The number of imide groups is 1. The van der Waals surface area contributed by atoms with Crippen LogP contribution in [0.1, 0.15) is 13.8 Å². The number of carbonyl (C=O) groups is 3. The highest BCUT2D eigenvalue weighted by molar-refractivity contribution is 6.21. The normalized spacial score (nSPS) is 10.5. The molecule has 8 nitrogen and oxygen atoms in total. The van der Waals surface area contributed by atoms with Crippen molar-refractivity contribution in [3.63, 3.8) is 0 Å². The number of amides is 3. The summed E-state index contributed by atoms with van der Waals surface area (Å²) in [5.41, 5.74) is 6.17. The Kier molecular flexibility index (Phi) is 6.97. The molecule has 126 valence electrons. The molecule has 1 aromatic rings. The van der Waals surface area contributed by atoms with Crippen LogP contribution in [0.5, 0.6) is 0 Å². The van der Waals surface area contributed by atoms with E-state index >= 15 is 0 Å². The van der Waals surface area contributed by atoms with Crippen molar-refractivity contribution < 1.29 is 14.4 Å². The van der Waals surface area contributed by atoms with Crippen LogP contribution in [0.3, 0.4) is 0 Å². The SMILES string of the molecule is CC(=O)NCCN/C=C(/C#N)C(=O)N(C(C)=O)c1ccc(N)cc1. The lowest BCUT2D eigenvalue weighted by Crippen LogP contribution is -2.36. The number of nitrogens with two attached hydrogens (primary N) is 1. The lowest BCUT2D eigenvalue weighted by molar-refractivity contribution is -0.123. The molecule has 0 fully saturated rings. The van der Waals surface area contributed by atoms with Crippen molar-refractivity contribution in [3.8, 4) is 6.07 Å². The van der Waals surface area contributed by atoms with Gasteiger partial charge in [-0.2, -0.15) is 5.26 Å². The Morgan fingerprint density at radius 2 is 1.83 bits per heavy atom. The number of nitrogens with zero attached hydrogens (tertiary/aromatic N) is 2. The molecule has 0 aromatic heterocycles. The van der Waals surface area contributed by atoms with Crippen molar-refractivity contribution in [3.05, 3.63) is 36.0 Å². The number of carbonyl (C=O) groups excluding carboxylic acids is 3. The first kappa shape index (κ1) is 18.7. The van der Waals surface area contributed by atoms with Gasteiger partial charge in [-0.15, -0.1) is 0 Å². The topological polar surface area (TPSA) is 128 Å². The molecule has 0 aliphatic heterocycles. The lowest BCUT2D eigenvalue weighted by atomic mass is 10.2. The third kappa shape index (κ3) is 5.46. The smallest absolute Gasteiger partial charge is 0.277 e. The van der Waals surface area contributed by atoms with Crippen molar-refractivity contribution in [2.75, 3.05) is 23.7 Å². The molecule has 0 aliphatic carbocycles. The number of hydrogen-bond donors (Lipinski definition) is 3. The van der Waals surface area contributed by atoms with E-state index in [-0.39, 0.29) is 11.5 Å². The predicted octanol–water partition coefficient (Wildman–Crippen LogP) is 0.281. The van der Waals surface area contributed by atoms with Gasteiger partial charge in [-0.1, -0.05) is 0 Å². The van der Waals surface area contributed by atoms with Crippen LogP contribution in [0, 0.1) is 11.3 Å². The van der Waals surface area contributed by atoms with Gasteiger partial charge < -0.3 is 16.4 Å². The molecular formula is C16H19N5O3. The largest absolute Gasteiger partial charge is 0.399 e. The fourth-order valence-corrected chi connectivity index (χ4v) is 1.81. The van der Waals surface area contributed by atoms with Gasteiger partial charge in [-0.3, -0.25) is 14.4 Å². The molecule has 8 heteroatoms. The Balaban J connectivity index is 2.87. The van der Waals surface area contributed by atoms with Crippen LogP contribution >= 0.6 is 0 Å². The highest BCUT2D eigenvalue weighted by Crippen LogP contribution is 2.18. The Labute approximate surface area is 139 Å². The van der Waals surface area contributed by atoms with Crippen molar-refractivity contribution in [2.24, 2.45) is 0 Å². The molecule has 0 radical (unpaired) electrons. The number of anilines is 2. The Hall–Kier alpha value is -3.34. The van der Waals surface area contributed by atoms with Crippen LogP contribution in [0.15, 0.2) is 36.0 Å². The molecule has 0 bridgehead atoms. The van der Waals surface area contributed by atoms with Crippen molar-refractivity contribution in [1.82, 2.24) is 10.6 Å². The zero-order valence-electron chi connectivity index (χ0n) is 13.5. The molecule has 0 atom stereocenters. The van der Waals surface area contributed by atoms with Gasteiger partial charge in [-0.25, -0.2) is 4.90 Å². The fourth-order valence-electron chi connectivity index (χ4n) is 1.81. The maximum atomic E-state index is 12.4. The minimum absolute atomic E-state index is 0.177. The Morgan fingerprint density at radius 1 is 1.21 bits per heavy atom. The van der Waals surface area contributed by atoms with E-state index in [1.54, 1.807) is 18.2 Å². The zero-order chi connectivity index (χ0) is 18.1. The average molecular weight is 329 g/mol. The van der Waals surface area contributed by atoms with Gasteiger partial charge in [-0.05, 0) is 24.3 Å². The van der Waals surface area contributed by atoms with E-state index in [4.69, 9.17) is 11.0 Å². The summed E-state index contributed by atoms with van der Waals surface area (Å²) in [5.74, 6) is -1.45. The second-order valence-corrected chi connectivity index (χ2v) is 4.86. The third-order valence-corrected chi connectivity index (χ3v) is 2.91.